The van der Waals surface area contributed by atoms with E-state index < -0.39 is 0 Å². The van der Waals surface area contributed by atoms with Crippen LogP contribution in [0.4, 0.5) is 17.2 Å². The van der Waals surface area contributed by atoms with E-state index in [1.165, 1.54) is 24.2 Å². The summed E-state index contributed by atoms with van der Waals surface area (Å²) in [7, 11) is 5.41. The molecule has 1 aliphatic rings. The van der Waals surface area contributed by atoms with Crippen LogP contribution in [0.25, 0.3) is 0 Å². The molecule has 1 heterocycles. The molecule has 1 aliphatic carbocycles. The molecule has 1 aromatic heterocycles. The van der Waals surface area contributed by atoms with Crippen LogP contribution in [-0.4, -0.2) is 43.6 Å². The van der Waals surface area contributed by atoms with E-state index in [9.17, 15) is 14.7 Å². The zero-order chi connectivity index (χ0) is 22.1. The van der Waals surface area contributed by atoms with E-state index in [-0.39, 0.29) is 17.6 Å². The molecule has 1 aromatic carbocycles. The van der Waals surface area contributed by atoms with E-state index in [0.29, 0.717) is 17.9 Å². The topological polar surface area (TPSA) is 85.8 Å². The highest BCUT2D eigenvalue weighted by Gasteiger charge is 2.21. The van der Waals surface area contributed by atoms with Gasteiger partial charge in [-0.25, -0.2) is 4.98 Å². The minimum absolute atomic E-state index is 0.137. The fraction of sp³-hybridized carbons (Fsp3) is 0.435. The first-order valence-corrected chi connectivity index (χ1v) is 10.2. The fourth-order valence-corrected chi connectivity index (χ4v) is 3.44. The lowest BCUT2D eigenvalue weighted by Crippen LogP contribution is -2.25. The van der Waals surface area contributed by atoms with Gasteiger partial charge in [0.2, 0.25) is 12.3 Å². The number of hydrogen-bond donors (Lipinski definition) is 2. The predicted octanol–water partition coefficient (Wildman–Crippen LogP) is 3.96. The highest BCUT2D eigenvalue weighted by molar-refractivity contribution is 5.91. The van der Waals surface area contributed by atoms with Gasteiger partial charge in [-0.15, -0.1) is 0 Å². The molecule has 7 heteroatoms. The van der Waals surface area contributed by atoms with Crippen LogP contribution in [0.2, 0.25) is 0 Å². The van der Waals surface area contributed by atoms with Crippen molar-refractivity contribution in [1.82, 2.24) is 4.98 Å². The Labute approximate surface area is 178 Å². The summed E-state index contributed by atoms with van der Waals surface area (Å²) in [6, 6.07) is 10.6. The Balaban J connectivity index is 0.000000216. The number of nitrogens with zero attached hydrogens (tertiary/aromatic N) is 3. The van der Waals surface area contributed by atoms with Gasteiger partial charge in [0.15, 0.2) is 0 Å². The van der Waals surface area contributed by atoms with Crippen LogP contribution in [0.15, 0.2) is 36.4 Å². The molecule has 0 saturated heterocycles. The summed E-state index contributed by atoms with van der Waals surface area (Å²) in [5.41, 5.74) is 2.50. The summed E-state index contributed by atoms with van der Waals surface area (Å²) in [4.78, 5) is 30.1. The maximum absolute atomic E-state index is 11.9. The van der Waals surface area contributed by atoms with Gasteiger partial charge in [-0.2, -0.15) is 0 Å². The zero-order valence-electron chi connectivity index (χ0n) is 18.3. The Bertz CT molecular complexity index is 848. The van der Waals surface area contributed by atoms with E-state index in [0.717, 1.165) is 24.2 Å². The minimum atomic E-state index is 0.137. The van der Waals surface area contributed by atoms with Crippen molar-refractivity contribution >= 4 is 29.5 Å². The molecule has 1 saturated carbocycles. The fourth-order valence-electron chi connectivity index (χ4n) is 3.44. The van der Waals surface area contributed by atoms with Crippen LogP contribution >= 0.6 is 0 Å². The van der Waals surface area contributed by atoms with Gasteiger partial charge >= 0.3 is 0 Å². The number of phenolic OH excluding ortho intramolecular Hbond substituents is 1. The molecule has 30 heavy (non-hydrogen) atoms. The second-order valence-corrected chi connectivity index (χ2v) is 7.77. The summed E-state index contributed by atoms with van der Waals surface area (Å²) in [6.07, 6.45) is 6.39. The molecule has 2 amide bonds. The van der Waals surface area contributed by atoms with Crippen LogP contribution in [-0.2, 0) is 9.59 Å². The van der Waals surface area contributed by atoms with E-state index in [1.807, 2.05) is 44.1 Å². The third kappa shape index (κ3) is 6.76. The lowest BCUT2D eigenvalue weighted by molar-refractivity contribution is -0.120. The predicted molar refractivity (Wildman–Crippen MR) is 121 cm³/mol. The van der Waals surface area contributed by atoms with Crippen molar-refractivity contribution in [2.24, 2.45) is 5.92 Å². The van der Waals surface area contributed by atoms with Crippen molar-refractivity contribution in [3.63, 3.8) is 0 Å². The summed E-state index contributed by atoms with van der Waals surface area (Å²) < 4.78 is 0. The number of pyridine rings is 1. The minimum Gasteiger partial charge on any atom is -0.508 e. The van der Waals surface area contributed by atoms with Gasteiger partial charge in [-0.1, -0.05) is 25.3 Å². The Morgan fingerprint density at radius 2 is 1.80 bits per heavy atom. The molecular formula is C23H32N4O3. The largest absolute Gasteiger partial charge is 0.508 e. The first-order chi connectivity index (χ1) is 14.3. The number of carbonyl (C=O) groups excluding carboxylic acids is 2. The molecule has 1 fully saturated rings. The van der Waals surface area contributed by atoms with Gasteiger partial charge in [0.05, 0.1) is 11.4 Å². The van der Waals surface area contributed by atoms with Crippen molar-refractivity contribution in [1.29, 1.82) is 0 Å². The van der Waals surface area contributed by atoms with E-state index in [1.54, 1.807) is 25.2 Å². The number of rotatable bonds is 5. The molecule has 0 radical (unpaired) electrons. The highest BCUT2D eigenvalue weighted by Crippen LogP contribution is 2.30. The lowest BCUT2D eigenvalue weighted by Gasteiger charge is -2.21. The summed E-state index contributed by atoms with van der Waals surface area (Å²) >= 11 is 0. The molecule has 2 N–H and O–H groups in total. The molecule has 162 valence electrons. The maximum Gasteiger partial charge on any atom is 0.228 e. The number of phenols is 1. The number of aryl methyl sites for hydroxylation is 1. The van der Waals surface area contributed by atoms with Crippen molar-refractivity contribution in [2.75, 3.05) is 36.3 Å². The number of nitrogens with one attached hydrogen (secondary N) is 1. The quantitative estimate of drug-likeness (QED) is 0.726. The molecule has 0 aliphatic heterocycles. The van der Waals surface area contributed by atoms with Crippen LogP contribution in [0.1, 0.15) is 37.8 Å². The van der Waals surface area contributed by atoms with Crippen LogP contribution in [0.5, 0.6) is 5.75 Å². The van der Waals surface area contributed by atoms with E-state index >= 15 is 0 Å². The molecular weight excluding hydrogens is 380 g/mol. The third-order valence-electron chi connectivity index (χ3n) is 5.09. The Hall–Kier alpha value is -3.09. The van der Waals surface area contributed by atoms with Gasteiger partial charge in [-0.05, 0) is 44.0 Å². The Morgan fingerprint density at radius 3 is 2.40 bits per heavy atom. The average Bonchev–Trinajstić information content (AvgIpc) is 2.74. The number of aromatic nitrogens is 1. The number of anilines is 3. The number of amides is 2. The summed E-state index contributed by atoms with van der Waals surface area (Å²) in [5.74, 6) is 1.16. The van der Waals surface area contributed by atoms with Crippen LogP contribution in [0.3, 0.4) is 0 Å². The molecule has 0 atom stereocenters. The van der Waals surface area contributed by atoms with Gasteiger partial charge in [0, 0.05) is 38.8 Å². The van der Waals surface area contributed by atoms with Crippen LogP contribution in [0, 0.1) is 12.8 Å². The van der Waals surface area contributed by atoms with Crippen molar-refractivity contribution in [3.8, 4) is 5.75 Å². The van der Waals surface area contributed by atoms with Crippen LogP contribution < -0.4 is 15.1 Å². The summed E-state index contributed by atoms with van der Waals surface area (Å²) in [6.45, 7) is 1.93. The normalized spacial score (nSPS) is 13.6. The molecule has 0 bridgehead atoms. The lowest BCUT2D eigenvalue weighted by atomic mass is 9.89. The number of aromatic hydroxyl groups is 1. The standard InChI is InChI=1S/C13H18N2O.C10H14N2O2/c1-10-6-5-9-12(14-10)15-13(16)11-7-3-2-4-8-11;1-11(2)9-5-4-8(14)6-10(9)12(3)7-13/h5-6,9,11H,2-4,7-8H2,1H3,(H,14,15,16);4-7,14H,1-3H3. The van der Waals surface area contributed by atoms with E-state index in [2.05, 4.69) is 10.3 Å². The number of carbonyl (C=O) groups is 2. The second-order valence-electron chi connectivity index (χ2n) is 7.77. The summed E-state index contributed by atoms with van der Waals surface area (Å²) in [5, 5.41) is 12.2. The van der Waals surface area contributed by atoms with E-state index in [4.69, 9.17) is 0 Å². The zero-order valence-corrected chi connectivity index (χ0v) is 18.3. The SMILES string of the molecule is CN(C)c1ccc(O)cc1N(C)C=O.Cc1cccc(NC(=O)C2CCCCC2)n1. The smallest absolute Gasteiger partial charge is 0.228 e. The maximum atomic E-state index is 11.9. The number of benzene rings is 1. The molecule has 7 nitrogen and oxygen atoms in total. The monoisotopic (exact) mass is 412 g/mol. The van der Waals surface area contributed by atoms with Gasteiger partial charge in [0.1, 0.15) is 11.6 Å². The first kappa shape index (κ1) is 23.2. The molecule has 0 spiro atoms. The van der Waals surface area contributed by atoms with Crippen molar-refractivity contribution in [3.05, 3.63) is 42.1 Å². The highest BCUT2D eigenvalue weighted by atomic mass is 16.3. The third-order valence-corrected chi connectivity index (χ3v) is 5.09. The average molecular weight is 413 g/mol. The Morgan fingerprint density at radius 1 is 1.10 bits per heavy atom. The molecule has 0 unspecified atom stereocenters. The van der Waals surface area contributed by atoms with Gasteiger partial charge in [0.25, 0.3) is 0 Å². The first-order valence-electron chi connectivity index (χ1n) is 10.2. The van der Waals surface area contributed by atoms with Gasteiger partial charge in [-0.3, -0.25) is 9.59 Å². The molecule has 3 rings (SSSR count). The van der Waals surface area contributed by atoms with Gasteiger partial charge < -0.3 is 20.2 Å². The second kappa shape index (κ2) is 11.2. The van der Waals surface area contributed by atoms with Crippen molar-refractivity contribution in [2.45, 2.75) is 39.0 Å². The number of hydrogen-bond acceptors (Lipinski definition) is 5. The Kier molecular flexibility index (Phi) is 8.65. The molecule has 2 aromatic rings. The van der Waals surface area contributed by atoms with Crippen molar-refractivity contribution < 1.29 is 14.7 Å².